The molecule has 2 nitrogen and oxygen atoms in total. The standard InChI is InChI=1S/C11H16FNO/c1-9(14)7-13(2)8-10-4-3-5-11(12)6-10/h3-6,9,14H,7-8H2,1-2H3/t9-/m0/s1. The maximum atomic E-state index is 12.8. The fourth-order valence-electron chi connectivity index (χ4n) is 1.46. The molecule has 0 aliphatic rings. The molecule has 1 aromatic carbocycles. The van der Waals surface area contributed by atoms with Gasteiger partial charge < -0.3 is 5.11 Å². The van der Waals surface area contributed by atoms with Crippen LogP contribution < -0.4 is 0 Å². The molecule has 3 heteroatoms. The third-order valence-corrected chi connectivity index (χ3v) is 1.92. The van der Waals surface area contributed by atoms with Crippen LogP contribution in [0.2, 0.25) is 0 Å². The van der Waals surface area contributed by atoms with Crippen LogP contribution in [0.15, 0.2) is 24.3 Å². The molecule has 1 rings (SSSR count). The Labute approximate surface area is 84.0 Å². The number of aliphatic hydroxyl groups excluding tert-OH is 1. The van der Waals surface area contributed by atoms with Gasteiger partial charge in [-0.2, -0.15) is 0 Å². The summed E-state index contributed by atoms with van der Waals surface area (Å²) >= 11 is 0. The van der Waals surface area contributed by atoms with Crippen molar-refractivity contribution in [3.05, 3.63) is 35.6 Å². The number of likely N-dealkylation sites (N-methyl/N-ethyl adjacent to an activating group) is 1. The van der Waals surface area contributed by atoms with E-state index in [2.05, 4.69) is 0 Å². The molecule has 1 N–H and O–H groups in total. The first-order valence-electron chi connectivity index (χ1n) is 4.69. The van der Waals surface area contributed by atoms with E-state index in [4.69, 9.17) is 5.11 Å². The average Bonchev–Trinajstić information content (AvgIpc) is 2.01. The van der Waals surface area contributed by atoms with Crippen LogP contribution in [0.1, 0.15) is 12.5 Å². The second-order valence-corrected chi connectivity index (χ2v) is 3.68. The van der Waals surface area contributed by atoms with Crippen LogP contribution >= 0.6 is 0 Å². The monoisotopic (exact) mass is 197 g/mol. The van der Waals surface area contributed by atoms with Crippen LogP contribution in [0.25, 0.3) is 0 Å². The summed E-state index contributed by atoms with van der Waals surface area (Å²) in [4.78, 5) is 1.96. The normalized spacial score (nSPS) is 13.2. The number of benzene rings is 1. The summed E-state index contributed by atoms with van der Waals surface area (Å²) < 4.78 is 12.8. The maximum Gasteiger partial charge on any atom is 0.123 e. The predicted octanol–water partition coefficient (Wildman–Crippen LogP) is 1.64. The van der Waals surface area contributed by atoms with Gasteiger partial charge in [-0.05, 0) is 31.7 Å². The van der Waals surface area contributed by atoms with Gasteiger partial charge in [-0.25, -0.2) is 4.39 Å². The fraction of sp³-hybridized carbons (Fsp3) is 0.455. The molecule has 0 aliphatic heterocycles. The van der Waals surface area contributed by atoms with Gasteiger partial charge in [-0.1, -0.05) is 12.1 Å². The summed E-state index contributed by atoms with van der Waals surface area (Å²) in [6, 6.07) is 6.51. The highest BCUT2D eigenvalue weighted by atomic mass is 19.1. The zero-order chi connectivity index (χ0) is 10.6. The van der Waals surface area contributed by atoms with Crippen LogP contribution in [-0.2, 0) is 6.54 Å². The van der Waals surface area contributed by atoms with Crippen molar-refractivity contribution in [2.24, 2.45) is 0 Å². The lowest BCUT2D eigenvalue weighted by Crippen LogP contribution is -2.26. The lowest BCUT2D eigenvalue weighted by atomic mass is 10.2. The summed E-state index contributed by atoms with van der Waals surface area (Å²) in [5.74, 6) is -0.215. The summed E-state index contributed by atoms with van der Waals surface area (Å²) in [5.41, 5.74) is 0.924. The highest BCUT2D eigenvalue weighted by Gasteiger charge is 2.04. The number of aliphatic hydroxyl groups is 1. The Hall–Kier alpha value is -0.930. The highest BCUT2D eigenvalue weighted by molar-refractivity contribution is 5.15. The maximum absolute atomic E-state index is 12.8. The Bertz CT molecular complexity index is 288. The van der Waals surface area contributed by atoms with Crippen LogP contribution in [-0.4, -0.2) is 29.7 Å². The Balaban J connectivity index is 2.51. The van der Waals surface area contributed by atoms with Crippen LogP contribution in [0.5, 0.6) is 0 Å². The van der Waals surface area contributed by atoms with Gasteiger partial charge in [0.25, 0.3) is 0 Å². The summed E-state index contributed by atoms with van der Waals surface area (Å²) in [6.45, 7) is 2.99. The van der Waals surface area contributed by atoms with Crippen LogP contribution in [0.4, 0.5) is 4.39 Å². The Morgan fingerprint density at radius 3 is 2.79 bits per heavy atom. The van der Waals surface area contributed by atoms with Crippen molar-refractivity contribution in [3.63, 3.8) is 0 Å². The van der Waals surface area contributed by atoms with Crippen LogP contribution in [0, 0.1) is 5.82 Å². The number of hydrogen-bond donors (Lipinski definition) is 1. The minimum Gasteiger partial charge on any atom is -0.392 e. The third-order valence-electron chi connectivity index (χ3n) is 1.92. The lowest BCUT2D eigenvalue weighted by molar-refractivity contribution is 0.138. The van der Waals surface area contributed by atoms with E-state index in [1.54, 1.807) is 13.0 Å². The smallest absolute Gasteiger partial charge is 0.123 e. The minimum atomic E-state index is -0.353. The Morgan fingerprint density at radius 1 is 1.50 bits per heavy atom. The number of hydrogen-bond acceptors (Lipinski definition) is 2. The topological polar surface area (TPSA) is 23.5 Å². The molecule has 14 heavy (non-hydrogen) atoms. The first kappa shape index (κ1) is 11.1. The Kier molecular flexibility index (Phi) is 4.04. The van der Waals surface area contributed by atoms with Crippen molar-refractivity contribution in [2.45, 2.75) is 19.6 Å². The number of halogens is 1. The largest absolute Gasteiger partial charge is 0.392 e. The van der Waals surface area contributed by atoms with Gasteiger partial charge in [-0.15, -0.1) is 0 Å². The van der Waals surface area contributed by atoms with E-state index in [1.807, 2.05) is 18.0 Å². The van der Waals surface area contributed by atoms with E-state index in [-0.39, 0.29) is 11.9 Å². The van der Waals surface area contributed by atoms with Crippen LogP contribution in [0.3, 0.4) is 0 Å². The molecule has 78 valence electrons. The van der Waals surface area contributed by atoms with Crippen molar-refractivity contribution in [1.82, 2.24) is 4.90 Å². The quantitative estimate of drug-likeness (QED) is 0.793. The molecule has 0 aromatic heterocycles. The number of nitrogens with zero attached hydrogens (tertiary/aromatic N) is 1. The highest BCUT2D eigenvalue weighted by Crippen LogP contribution is 2.06. The summed E-state index contributed by atoms with van der Waals surface area (Å²) in [7, 11) is 1.90. The first-order valence-corrected chi connectivity index (χ1v) is 4.69. The zero-order valence-corrected chi connectivity index (χ0v) is 8.57. The molecule has 1 atom stereocenters. The van der Waals surface area contributed by atoms with Gasteiger partial charge >= 0.3 is 0 Å². The Morgan fingerprint density at radius 2 is 2.21 bits per heavy atom. The molecule has 0 aliphatic carbocycles. The van der Waals surface area contributed by atoms with E-state index in [1.165, 1.54) is 12.1 Å². The molecule has 1 aromatic rings. The van der Waals surface area contributed by atoms with Gasteiger partial charge in [0.2, 0.25) is 0 Å². The van der Waals surface area contributed by atoms with Crippen molar-refractivity contribution in [3.8, 4) is 0 Å². The van der Waals surface area contributed by atoms with Gasteiger partial charge in [0.05, 0.1) is 6.10 Å². The molecular weight excluding hydrogens is 181 g/mol. The molecule has 0 fully saturated rings. The summed E-state index contributed by atoms with van der Waals surface area (Å²) in [6.07, 6.45) is -0.353. The molecule has 0 unspecified atom stereocenters. The average molecular weight is 197 g/mol. The first-order chi connectivity index (χ1) is 6.58. The lowest BCUT2D eigenvalue weighted by Gasteiger charge is -2.18. The summed E-state index contributed by atoms with van der Waals surface area (Å²) in [5, 5.41) is 9.14. The zero-order valence-electron chi connectivity index (χ0n) is 8.57. The second-order valence-electron chi connectivity index (χ2n) is 3.68. The molecule has 0 heterocycles. The second kappa shape index (κ2) is 5.08. The molecular formula is C11H16FNO. The van der Waals surface area contributed by atoms with Gasteiger partial charge in [0.1, 0.15) is 5.82 Å². The van der Waals surface area contributed by atoms with E-state index in [9.17, 15) is 4.39 Å². The fourth-order valence-corrected chi connectivity index (χ4v) is 1.46. The predicted molar refractivity (Wildman–Crippen MR) is 54.4 cm³/mol. The third kappa shape index (κ3) is 3.85. The van der Waals surface area contributed by atoms with Gasteiger partial charge in [0, 0.05) is 13.1 Å². The van der Waals surface area contributed by atoms with Gasteiger partial charge in [0.15, 0.2) is 0 Å². The van der Waals surface area contributed by atoms with E-state index < -0.39 is 0 Å². The van der Waals surface area contributed by atoms with Crippen molar-refractivity contribution in [1.29, 1.82) is 0 Å². The van der Waals surface area contributed by atoms with Crippen molar-refractivity contribution < 1.29 is 9.50 Å². The SMILES string of the molecule is C[C@H](O)CN(C)Cc1cccc(F)c1. The molecule has 0 radical (unpaired) electrons. The van der Waals surface area contributed by atoms with Crippen molar-refractivity contribution >= 4 is 0 Å². The molecule has 0 amide bonds. The molecule has 0 saturated heterocycles. The minimum absolute atomic E-state index is 0.215. The van der Waals surface area contributed by atoms with E-state index in [0.717, 1.165) is 5.56 Å². The van der Waals surface area contributed by atoms with Crippen molar-refractivity contribution in [2.75, 3.05) is 13.6 Å². The molecule has 0 spiro atoms. The number of rotatable bonds is 4. The molecule has 0 saturated carbocycles. The van der Waals surface area contributed by atoms with E-state index >= 15 is 0 Å². The molecule has 0 bridgehead atoms. The van der Waals surface area contributed by atoms with Gasteiger partial charge in [-0.3, -0.25) is 4.90 Å². The van der Waals surface area contributed by atoms with E-state index in [0.29, 0.717) is 13.1 Å².